The van der Waals surface area contributed by atoms with Gasteiger partial charge in [0.15, 0.2) is 5.65 Å². The quantitative estimate of drug-likeness (QED) is 0.515. The monoisotopic (exact) mass is 369 g/mol. The second-order valence-electron chi connectivity index (χ2n) is 5.57. The third kappa shape index (κ3) is 4.18. The number of ether oxygens (including phenoxy) is 1. The Balaban J connectivity index is 1.78. The zero-order valence-corrected chi connectivity index (χ0v) is 14.7. The van der Waals surface area contributed by atoms with Crippen molar-refractivity contribution >= 4 is 23.1 Å². The summed E-state index contributed by atoms with van der Waals surface area (Å²) in [6.45, 7) is 0.932. The fraction of sp³-hybridized carbons (Fsp3) is 0.235. The average Bonchev–Trinajstić information content (AvgIpc) is 3.12. The number of hydrogen-bond acceptors (Lipinski definition) is 7. The number of benzene rings is 1. The first-order chi connectivity index (χ1) is 13.1. The first kappa shape index (κ1) is 18.3. The zero-order valence-electron chi connectivity index (χ0n) is 14.7. The van der Waals surface area contributed by atoms with E-state index in [9.17, 15) is 9.59 Å². The first-order valence-corrected chi connectivity index (χ1v) is 8.28. The molecule has 10 nitrogen and oxygen atoms in total. The number of carbonyl (C=O) groups is 2. The number of aromatic nitrogens is 4. The Morgan fingerprint density at radius 1 is 1.26 bits per heavy atom. The largest absolute Gasteiger partial charge is 0.496 e. The molecule has 2 aromatic heterocycles. The van der Waals surface area contributed by atoms with Gasteiger partial charge >= 0.3 is 0 Å². The molecule has 0 aliphatic heterocycles. The second kappa shape index (κ2) is 8.23. The van der Waals surface area contributed by atoms with Gasteiger partial charge in [-0.05, 0) is 43.3 Å². The molecule has 27 heavy (non-hydrogen) atoms. The van der Waals surface area contributed by atoms with E-state index in [4.69, 9.17) is 10.5 Å². The highest BCUT2D eigenvalue weighted by Crippen LogP contribution is 2.23. The fourth-order valence-electron chi connectivity index (χ4n) is 2.38. The van der Waals surface area contributed by atoms with Gasteiger partial charge in [0.25, 0.3) is 11.8 Å². The van der Waals surface area contributed by atoms with Crippen LogP contribution in [0.15, 0.2) is 36.5 Å². The van der Waals surface area contributed by atoms with Gasteiger partial charge in [0.05, 0.1) is 12.7 Å². The highest BCUT2D eigenvalue weighted by atomic mass is 16.5. The van der Waals surface area contributed by atoms with E-state index in [0.717, 1.165) is 0 Å². The van der Waals surface area contributed by atoms with Crippen LogP contribution in [0.3, 0.4) is 0 Å². The molecule has 140 valence electrons. The van der Waals surface area contributed by atoms with Gasteiger partial charge in [0.2, 0.25) is 5.82 Å². The lowest BCUT2D eigenvalue weighted by atomic mass is 10.1. The number of nitrogens with one attached hydrogen (secondary N) is 2. The van der Waals surface area contributed by atoms with Crippen molar-refractivity contribution in [2.75, 3.05) is 25.5 Å². The minimum absolute atomic E-state index is 0.0292. The molecule has 0 saturated carbocycles. The van der Waals surface area contributed by atoms with E-state index in [1.165, 1.54) is 17.8 Å². The Labute approximate surface area is 154 Å². The van der Waals surface area contributed by atoms with Gasteiger partial charge in [-0.1, -0.05) is 0 Å². The van der Waals surface area contributed by atoms with Crippen LogP contribution in [0.25, 0.3) is 5.65 Å². The Morgan fingerprint density at radius 3 is 2.85 bits per heavy atom. The van der Waals surface area contributed by atoms with Crippen LogP contribution in [0.5, 0.6) is 5.75 Å². The molecule has 0 spiro atoms. The maximum Gasteiger partial charge on any atom is 0.295 e. The summed E-state index contributed by atoms with van der Waals surface area (Å²) in [5.41, 5.74) is 6.60. The lowest BCUT2D eigenvalue weighted by molar-refractivity contribution is 0.0949. The molecule has 2 amide bonds. The van der Waals surface area contributed by atoms with E-state index in [-0.39, 0.29) is 11.7 Å². The van der Waals surface area contributed by atoms with E-state index < -0.39 is 5.91 Å². The van der Waals surface area contributed by atoms with Crippen LogP contribution in [0.2, 0.25) is 0 Å². The predicted octanol–water partition coefficient (Wildman–Crippen LogP) is 0.464. The van der Waals surface area contributed by atoms with Crippen molar-refractivity contribution in [3.63, 3.8) is 0 Å². The number of nitrogens with zero attached hydrogens (tertiary/aromatic N) is 4. The number of methoxy groups -OCH3 is 1. The maximum absolute atomic E-state index is 12.4. The number of amides is 2. The summed E-state index contributed by atoms with van der Waals surface area (Å²) in [7, 11) is 1.47. The van der Waals surface area contributed by atoms with Crippen molar-refractivity contribution in [1.82, 2.24) is 25.1 Å². The topological polar surface area (TPSA) is 137 Å². The number of carbonyl (C=O) groups excluding carboxylic acids is 2. The number of rotatable bonds is 7. The van der Waals surface area contributed by atoms with E-state index in [1.807, 2.05) is 0 Å². The lowest BCUT2D eigenvalue weighted by Crippen LogP contribution is -2.26. The SMILES string of the molecule is COc1ccc(NC(=O)c2nc3cccnn3n2)cc1C(=O)NCCCN. The summed E-state index contributed by atoms with van der Waals surface area (Å²) < 4.78 is 6.49. The molecule has 1 aromatic carbocycles. The normalized spacial score (nSPS) is 10.6. The van der Waals surface area contributed by atoms with Gasteiger partial charge in [0, 0.05) is 18.4 Å². The molecule has 0 fully saturated rings. The van der Waals surface area contributed by atoms with Crippen LogP contribution in [0.4, 0.5) is 5.69 Å². The standard InChI is InChI=1S/C17H19N7O3/c1-27-13-6-5-11(10-12(13)16(25)19-8-3-7-18)21-17(26)15-22-14-4-2-9-20-24(14)23-15/h2,4-6,9-10H,3,7-8,18H2,1H3,(H,19,25)(H,21,26). The van der Waals surface area contributed by atoms with Crippen LogP contribution >= 0.6 is 0 Å². The average molecular weight is 369 g/mol. The van der Waals surface area contributed by atoms with Crippen molar-refractivity contribution < 1.29 is 14.3 Å². The van der Waals surface area contributed by atoms with Gasteiger partial charge in [-0.15, -0.1) is 9.73 Å². The highest BCUT2D eigenvalue weighted by molar-refractivity contribution is 6.03. The first-order valence-electron chi connectivity index (χ1n) is 8.28. The highest BCUT2D eigenvalue weighted by Gasteiger charge is 2.17. The fourth-order valence-corrected chi connectivity index (χ4v) is 2.38. The van der Waals surface area contributed by atoms with Gasteiger partial charge < -0.3 is 21.1 Å². The molecule has 0 saturated heterocycles. The minimum Gasteiger partial charge on any atom is -0.496 e. The van der Waals surface area contributed by atoms with Crippen molar-refractivity contribution in [2.45, 2.75) is 6.42 Å². The number of anilines is 1. The molecule has 0 radical (unpaired) electrons. The Morgan fingerprint density at radius 2 is 2.11 bits per heavy atom. The molecule has 3 rings (SSSR count). The van der Waals surface area contributed by atoms with E-state index in [0.29, 0.717) is 42.2 Å². The van der Waals surface area contributed by atoms with Crippen LogP contribution in [-0.2, 0) is 0 Å². The molecule has 10 heteroatoms. The van der Waals surface area contributed by atoms with Crippen LogP contribution in [0.1, 0.15) is 27.4 Å². The number of nitrogens with two attached hydrogens (primary N) is 1. The molecule has 0 atom stereocenters. The molecule has 3 aromatic rings. The smallest absolute Gasteiger partial charge is 0.295 e. The molecule has 2 heterocycles. The number of fused-ring (bicyclic) bond motifs is 1. The third-order valence-corrected chi connectivity index (χ3v) is 3.69. The molecular weight excluding hydrogens is 350 g/mol. The van der Waals surface area contributed by atoms with Crippen LogP contribution in [-0.4, -0.2) is 51.8 Å². The summed E-state index contributed by atoms with van der Waals surface area (Å²) in [4.78, 5) is 28.9. The summed E-state index contributed by atoms with van der Waals surface area (Å²) >= 11 is 0. The summed E-state index contributed by atoms with van der Waals surface area (Å²) in [5, 5.41) is 13.4. The zero-order chi connectivity index (χ0) is 19.2. The van der Waals surface area contributed by atoms with Crippen molar-refractivity contribution in [3.05, 3.63) is 47.9 Å². The van der Waals surface area contributed by atoms with Crippen molar-refractivity contribution in [2.24, 2.45) is 5.73 Å². The molecular formula is C17H19N7O3. The maximum atomic E-state index is 12.4. The van der Waals surface area contributed by atoms with Crippen molar-refractivity contribution in [1.29, 1.82) is 0 Å². The minimum atomic E-state index is -0.514. The number of hydrogen-bond donors (Lipinski definition) is 3. The van der Waals surface area contributed by atoms with E-state index >= 15 is 0 Å². The van der Waals surface area contributed by atoms with Crippen LogP contribution in [0, 0.1) is 0 Å². The molecule has 0 aliphatic rings. The molecule has 4 N–H and O–H groups in total. The second-order valence-corrected chi connectivity index (χ2v) is 5.57. The van der Waals surface area contributed by atoms with Gasteiger partial charge in [-0.3, -0.25) is 9.59 Å². The Hall–Kier alpha value is -3.53. The van der Waals surface area contributed by atoms with Crippen molar-refractivity contribution in [3.8, 4) is 5.75 Å². The third-order valence-electron chi connectivity index (χ3n) is 3.69. The molecule has 0 bridgehead atoms. The Kier molecular flexibility index (Phi) is 5.57. The summed E-state index contributed by atoms with van der Waals surface area (Å²) in [5.74, 6) is -0.460. The lowest BCUT2D eigenvalue weighted by Gasteiger charge is -2.11. The van der Waals surface area contributed by atoms with Gasteiger partial charge in [-0.2, -0.15) is 5.10 Å². The predicted molar refractivity (Wildman–Crippen MR) is 97.7 cm³/mol. The Bertz CT molecular complexity index is 937. The van der Waals surface area contributed by atoms with E-state index in [1.54, 1.807) is 30.5 Å². The molecule has 0 aliphatic carbocycles. The van der Waals surface area contributed by atoms with Gasteiger partial charge in [-0.25, -0.2) is 4.98 Å². The summed E-state index contributed by atoms with van der Waals surface area (Å²) in [6.07, 6.45) is 2.21. The van der Waals surface area contributed by atoms with E-state index in [2.05, 4.69) is 25.8 Å². The molecule has 0 unspecified atom stereocenters. The summed E-state index contributed by atoms with van der Waals surface area (Å²) in [6, 6.07) is 8.15. The van der Waals surface area contributed by atoms with Crippen LogP contribution < -0.4 is 21.1 Å². The van der Waals surface area contributed by atoms with Gasteiger partial charge in [0.1, 0.15) is 5.75 Å².